The highest BCUT2D eigenvalue weighted by atomic mass is 16.1. The van der Waals surface area contributed by atoms with Crippen molar-refractivity contribution in [3.8, 4) is 0 Å². The first-order valence-electron chi connectivity index (χ1n) is 3.45. The normalized spacial score (nSPS) is 25.4. The third-order valence-corrected chi connectivity index (χ3v) is 1.95. The fourth-order valence-corrected chi connectivity index (χ4v) is 1.28. The molecule has 0 unspecified atom stereocenters. The van der Waals surface area contributed by atoms with Gasteiger partial charge in [0, 0.05) is 0 Å². The Labute approximate surface area is 55.4 Å². The molecule has 0 heterocycles. The van der Waals surface area contributed by atoms with Crippen LogP contribution in [0.2, 0.25) is 0 Å². The van der Waals surface area contributed by atoms with Crippen molar-refractivity contribution in [2.45, 2.75) is 37.6 Å². The van der Waals surface area contributed by atoms with Crippen molar-refractivity contribution in [1.82, 2.24) is 0 Å². The summed E-state index contributed by atoms with van der Waals surface area (Å²) in [6, 6.07) is 0. The van der Waals surface area contributed by atoms with E-state index in [-0.39, 0.29) is 0 Å². The van der Waals surface area contributed by atoms with E-state index in [9.17, 15) is 4.79 Å². The Hall–Kier alpha value is -0.370. The highest BCUT2D eigenvalue weighted by Crippen LogP contribution is 2.23. The van der Waals surface area contributed by atoms with Gasteiger partial charge in [0.15, 0.2) is 0 Å². The molecule has 2 heteroatoms. The topological polar surface area (TPSA) is 43.1 Å². The molecule has 2 N–H and O–H groups in total. The molecule has 1 aliphatic rings. The first kappa shape index (κ1) is 6.75. The van der Waals surface area contributed by atoms with Crippen LogP contribution in [0.5, 0.6) is 0 Å². The summed E-state index contributed by atoms with van der Waals surface area (Å²) in [7, 11) is 0. The van der Waals surface area contributed by atoms with Crippen LogP contribution in [0.25, 0.3) is 0 Å². The number of hydrogen-bond acceptors (Lipinski definition) is 2. The predicted molar refractivity (Wildman–Crippen MR) is 35.7 cm³/mol. The lowest BCUT2D eigenvalue weighted by Crippen LogP contribution is -2.43. The van der Waals surface area contributed by atoms with Gasteiger partial charge in [-0.1, -0.05) is 19.3 Å². The van der Waals surface area contributed by atoms with E-state index in [0.717, 1.165) is 25.7 Å². The molecule has 0 bridgehead atoms. The summed E-state index contributed by atoms with van der Waals surface area (Å²) in [5.41, 5.74) is 5.05. The van der Waals surface area contributed by atoms with Crippen molar-refractivity contribution in [1.29, 1.82) is 0 Å². The highest BCUT2D eigenvalue weighted by molar-refractivity contribution is 5.64. The SMILES string of the molecule is NC1([C]=O)CCCCC1. The second kappa shape index (κ2) is 2.48. The lowest BCUT2D eigenvalue weighted by atomic mass is 9.84. The Morgan fingerprint density at radius 3 is 2.11 bits per heavy atom. The molecule has 0 atom stereocenters. The van der Waals surface area contributed by atoms with Gasteiger partial charge in [-0.2, -0.15) is 0 Å². The van der Waals surface area contributed by atoms with Gasteiger partial charge in [-0.25, -0.2) is 0 Å². The van der Waals surface area contributed by atoms with Crippen molar-refractivity contribution in [3.05, 3.63) is 0 Å². The first-order chi connectivity index (χ1) is 4.27. The zero-order valence-corrected chi connectivity index (χ0v) is 5.52. The molecular weight excluding hydrogens is 114 g/mol. The highest BCUT2D eigenvalue weighted by Gasteiger charge is 2.27. The van der Waals surface area contributed by atoms with Crippen LogP contribution in [0.4, 0.5) is 0 Å². The average Bonchev–Trinajstić information content (AvgIpc) is 1.90. The van der Waals surface area contributed by atoms with Crippen LogP contribution in [-0.4, -0.2) is 11.8 Å². The maximum atomic E-state index is 10.2. The van der Waals surface area contributed by atoms with Crippen molar-refractivity contribution in [3.63, 3.8) is 0 Å². The summed E-state index contributed by atoms with van der Waals surface area (Å²) in [5, 5.41) is 0. The number of nitrogens with two attached hydrogens (primary N) is 1. The molecule has 0 saturated heterocycles. The number of rotatable bonds is 1. The van der Waals surface area contributed by atoms with Crippen LogP contribution in [-0.2, 0) is 4.79 Å². The van der Waals surface area contributed by atoms with E-state index < -0.39 is 5.54 Å². The van der Waals surface area contributed by atoms with Crippen molar-refractivity contribution >= 4 is 6.29 Å². The minimum Gasteiger partial charge on any atom is -0.319 e. The lowest BCUT2D eigenvalue weighted by Gasteiger charge is -2.25. The van der Waals surface area contributed by atoms with Gasteiger partial charge in [-0.3, -0.25) is 4.79 Å². The van der Waals surface area contributed by atoms with Crippen molar-refractivity contribution in [2.24, 2.45) is 5.73 Å². The minimum absolute atomic E-state index is 0.585. The molecule has 0 spiro atoms. The van der Waals surface area contributed by atoms with E-state index >= 15 is 0 Å². The Kier molecular flexibility index (Phi) is 1.86. The molecule has 0 aromatic heterocycles. The molecule has 1 radical (unpaired) electrons. The van der Waals surface area contributed by atoms with Gasteiger partial charge < -0.3 is 5.73 Å². The fraction of sp³-hybridized carbons (Fsp3) is 0.857. The van der Waals surface area contributed by atoms with E-state index in [2.05, 4.69) is 0 Å². The number of carbonyl (C=O) groups excluding carboxylic acids is 1. The van der Waals surface area contributed by atoms with Crippen LogP contribution in [0.1, 0.15) is 32.1 Å². The maximum absolute atomic E-state index is 10.2. The molecule has 0 aromatic carbocycles. The predicted octanol–water partition coefficient (Wildman–Crippen LogP) is 0.758. The molecule has 9 heavy (non-hydrogen) atoms. The Bertz CT molecular complexity index is 105. The van der Waals surface area contributed by atoms with Gasteiger partial charge in [-0.05, 0) is 12.8 Å². The average molecular weight is 126 g/mol. The summed E-state index contributed by atoms with van der Waals surface area (Å²) in [4.78, 5) is 10.2. The summed E-state index contributed by atoms with van der Waals surface area (Å²) >= 11 is 0. The first-order valence-corrected chi connectivity index (χ1v) is 3.45. The third-order valence-electron chi connectivity index (χ3n) is 1.95. The summed E-state index contributed by atoms with van der Waals surface area (Å²) in [6.07, 6.45) is 6.97. The second-order valence-corrected chi connectivity index (χ2v) is 2.82. The van der Waals surface area contributed by atoms with Crippen LogP contribution >= 0.6 is 0 Å². The van der Waals surface area contributed by atoms with Gasteiger partial charge in [0.05, 0.1) is 5.54 Å². The van der Waals surface area contributed by atoms with E-state index in [1.54, 1.807) is 0 Å². The molecule has 1 aliphatic carbocycles. The maximum Gasteiger partial charge on any atom is 0.220 e. The van der Waals surface area contributed by atoms with Crippen molar-refractivity contribution in [2.75, 3.05) is 0 Å². The second-order valence-electron chi connectivity index (χ2n) is 2.82. The fourth-order valence-electron chi connectivity index (χ4n) is 1.28. The van der Waals surface area contributed by atoms with E-state index in [1.807, 2.05) is 6.29 Å². The molecule has 1 fully saturated rings. The standard InChI is InChI=1S/C7H12NO/c8-7(6-9)4-2-1-3-5-7/h1-5,8H2. The Morgan fingerprint density at radius 2 is 1.78 bits per heavy atom. The van der Waals surface area contributed by atoms with E-state index in [0.29, 0.717) is 0 Å². The zero-order chi connectivity index (χ0) is 6.74. The molecule has 0 aromatic rings. The third kappa shape index (κ3) is 1.52. The van der Waals surface area contributed by atoms with Gasteiger partial charge >= 0.3 is 0 Å². The molecule has 2 nitrogen and oxygen atoms in total. The largest absolute Gasteiger partial charge is 0.319 e. The van der Waals surface area contributed by atoms with Gasteiger partial charge in [0.1, 0.15) is 0 Å². The van der Waals surface area contributed by atoms with Gasteiger partial charge in [-0.15, -0.1) is 0 Å². The summed E-state index contributed by atoms with van der Waals surface area (Å²) < 4.78 is 0. The van der Waals surface area contributed by atoms with E-state index in [1.165, 1.54) is 6.42 Å². The summed E-state index contributed by atoms with van der Waals surface area (Å²) in [5.74, 6) is 0. The minimum atomic E-state index is -0.585. The smallest absolute Gasteiger partial charge is 0.220 e. The lowest BCUT2D eigenvalue weighted by molar-refractivity contribution is 0.362. The molecule has 0 aliphatic heterocycles. The molecule has 0 amide bonds. The van der Waals surface area contributed by atoms with Crippen LogP contribution in [0.3, 0.4) is 0 Å². The molecule has 1 rings (SSSR count). The summed E-state index contributed by atoms with van der Waals surface area (Å²) in [6.45, 7) is 0. The van der Waals surface area contributed by atoms with Gasteiger partial charge in [0.25, 0.3) is 0 Å². The Morgan fingerprint density at radius 1 is 1.22 bits per heavy atom. The van der Waals surface area contributed by atoms with Crippen LogP contribution in [0, 0.1) is 0 Å². The van der Waals surface area contributed by atoms with Crippen LogP contribution < -0.4 is 5.73 Å². The Balaban J connectivity index is 2.46. The number of hydrogen-bond donors (Lipinski definition) is 1. The zero-order valence-electron chi connectivity index (χ0n) is 5.52. The van der Waals surface area contributed by atoms with Crippen molar-refractivity contribution < 1.29 is 4.79 Å². The van der Waals surface area contributed by atoms with E-state index in [4.69, 9.17) is 5.73 Å². The monoisotopic (exact) mass is 126 g/mol. The molecular formula is C7H12NO. The molecule has 1 saturated carbocycles. The van der Waals surface area contributed by atoms with Gasteiger partial charge in [0.2, 0.25) is 6.29 Å². The molecule has 51 valence electrons. The van der Waals surface area contributed by atoms with Crippen LogP contribution in [0.15, 0.2) is 0 Å². The quantitative estimate of drug-likeness (QED) is 0.563.